The number of rotatable bonds is 4. The molecule has 0 saturated carbocycles. The molecular formula is C22H32N6S. The van der Waals surface area contributed by atoms with E-state index in [9.17, 15) is 0 Å². The molecule has 1 aromatic heterocycles. The molecule has 3 heterocycles. The Labute approximate surface area is 178 Å². The minimum absolute atomic E-state index is 0.437. The molecule has 2 aliphatic rings. The molecule has 0 bridgehead atoms. The van der Waals surface area contributed by atoms with Crippen LogP contribution in [0.2, 0.25) is 0 Å². The number of likely N-dealkylation sites (tertiary alicyclic amines) is 1. The van der Waals surface area contributed by atoms with Crippen molar-refractivity contribution in [2.45, 2.75) is 25.9 Å². The van der Waals surface area contributed by atoms with Gasteiger partial charge >= 0.3 is 0 Å². The van der Waals surface area contributed by atoms with Gasteiger partial charge in [0.05, 0.1) is 12.4 Å². The van der Waals surface area contributed by atoms with Crippen molar-refractivity contribution >= 4 is 23.4 Å². The number of hydrogen-bond donors (Lipinski definition) is 1. The summed E-state index contributed by atoms with van der Waals surface area (Å²) in [5, 5.41) is 3.57. The van der Waals surface area contributed by atoms with Gasteiger partial charge in [0.25, 0.3) is 0 Å². The molecule has 2 unspecified atom stereocenters. The molecule has 1 aromatic carbocycles. The fourth-order valence-electron chi connectivity index (χ4n) is 4.25. The fourth-order valence-corrected chi connectivity index (χ4v) is 5.16. The van der Waals surface area contributed by atoms with Gasteiger partial charge in [-0.25, -0.2) is 4.98 Å². The summed E-state index contributed by atoms with van der Waals surface area (Å²) in [4.78, 5) is 13.7. The zero-order valence-electron chi connectivity index (χ0n) is 17.5. The molecule has 156 valence electrons. The van der Waals surface area contributed by atoms with E-state index in [1.807, 2.05) is 31.3 Å². The first kappa shape index (κ1) is 20.1. The van der Waals surface area contributed by atoms with Gasteiger partial charge in [-0.3, -0.25) is 4.99 Å². The van der Waals surface area contributed by atoms with E-state index in [-0.39, 0.29) is 0 Å². The maximum Gasteiger partial charge on any atom is 0.193 e. The number of guanidine groups is 1. The fraction of sp³-hybridized carbons (Fsp3) is 0.545. The number of nitrogens with one attached hydrogen (secondary N) is 1. The Morgan fingerprint density at radius 1 is 1.21 bits per heavy atom. The maximum atomic E-state index is 4.55. The highest BCUT2D eigenvalue weighted by Crippen LogP contribution is 2.27. The molecule has 4 rings (SSSR count). The van der Waals surface area contributed by atoms with Gasteiger partial charge in [-0.1, -0.05) is 19.1 Å². The van der Waals surface area contributed by atoms with E-state index < -0.39 is 0 Å². The van der Waals surface area contributed by atoms with Crippen LogP contribution in [-0.2, 0) is 6.54 Å². The summed E-state index contributed by atoms with van der Waals surface area (Å²) in [5.41, 5.74) is 2.63. The molecule has 1 N–H and O–H groups in total. The zero-order chi connectivity index (χ0) is 20.1. The standard InChI is InChI=1S/C22H32N6S/c1-18-7-9-27(16-21(18)28-10-8-24-17-28)22(23-2)25-15-19-3-5-20(6-4-19)26-11-13-29-14-12-26/h3-6,8,10,17-18,21H,7,9,11-16H2,1-2H3,(H,23,25). The van der Waals surface area contributed by atoms with Crippen LogP contribution in [0.15, 0.2) is 48.0 Å². The van der Waals surface area contributed by atoms with Crippen LogP contribution in [0.3, 0.4) is 0 Å². The Bertz CT molecular complexity index is 782. The van der Waals surface area contributed by atoms with Gasteiger partial charge in [0.1, 0.15) is 0 Å². The number of benzene rings is 1. The lowest BCUT2D eigenvalue weighted by Gasteiger charge is -2.39. The Balaban J connectivity index is 1.34. The van der Waals surface area contributed by atoms with Crippen molar-refractivity contribution in [1.82, 2.24) is 19.8 Å². The number of thioether (sulfide) groups is 1. The number of nitrogens with zero attached hydrogens (tertiary/aromatic N) is 5. The molecule has 0 spiro atoms. The number of aliphatic imine (C=N–C) groups is 1. The van der Waals surface area contributed by atoms with Gasteiger partial charge in [-0.2, -0.15) is 11.8 Å². The number of anilines is 1. The van der Waals surface area contributed by atoms with Gasteiger partial charge in [0, 0.05) is 69.4 Å². The number of hydrogen-bond acceptors (Lipinski definition) is 4. The highest BCUT2D eigenvalue weighted by atomic mass is 32.2. The van der Waals surface area contributed by atoms with Gasteiger partial charge < -0.3 is 19.7 Å². The molecule has 2 aliphatic heterocycles. The van der Waals surface area contributed by atoms with Crippen LogP contribution >= 0.6 is 11.8 Å². The van der Waals surface area contributed by atoms with Crippen LogP contribution in [0.25, 0.3) is 0 Å². The highest BCUT2D eigenvalue weighted by molar-refractivity contribution is 7.99. The first-order valence-corrected chi connectivity index (χ1v) is 11.7. The molecule has 2 atom stereocenters. The molecular weight excluding hydrogens is 380 g/mol. The monoisotopic (exact) mass is 412 g/mol. The van der Waals surface area contributed by atoms with Crippen LogP contribution in [0.1, 0.15) is 24.9 Å². The van der Waals surface area contributed by atoms with E-state index >= 15 is 0 Å². The Morgan fingerprint density at radius 2 is 2.00 bits per heavy atom. The second-order valence-corrected chi connectivity index (χ2v) is 9.18. The Morgan fingerprint density at radius 3 is 2.69 bits per heavy atom. The predicted octanol–water partition coefficient (Wildman–Crippen LogP) is 3.09. The van der Waals surface area contributed by atoms with Crippen molar-refractivity contribution in [1.29, 1.82) is 0 Å². The summed E-state index contributed by atoms with van der Waals surface area (Å²) in [6.07, 6.45) is 7.03. The summed E-state index contributed by atoms with van der Waals surface area (Å²) in [6.45, 7) is 7.44. The van der Waals surface area contributed by atoms with Gasteiger partial charge in [0.15, 0.2) is 5.96 Å². The third-order valence-electron chi connectivity index (χ3n) is 6.10. The summed E-state index contributed by atoms with van der Waals surface area (Å²) in [5.74, 6) is 4.08. The third kappa shape index (κ3) is 4.89. The molecule has 0 radical (unpaired) electrons. The summed E-state index contributed by atoms with van der Waals surface area (Å²) in [6, 6.07) is 9.43. The summed E-state index contributed by atoms with van der Waals surface area (Å²) >= 11 is 2.05. The maximum absolute atomic E-state index is 4.55. The quantitative estimate of drug-likeness (QED) is 0.618. The number of imidazole rings is 1. The number of aromatic nitrogens is 2. The van der Waals surface area contributed by atoms with E-state index in [1.165, 1.54) is 22.8 Å². The largest absolute Gasteiger partial charge is 0.370 e. The van der Waals surface area contributed by atoms with Crippen LogP contribution in [0.5, 0.6) is 0 Å². The molecule has 2 saturated heterocycles. The minimum atomic E-state index is 0.437. The van der Waals surface area contributed by atoms with Crippen molar-refractivity contribution < 1.29 is 0 Å². The van der Waals surface area contributed by atoms with Crippen molar-refractivity contribution in [3.8, 4) is 0 Å². The van der Waals surface area contributed by atoms with Gasteiger partial charge in [-0.05, 0) is 30.0 Å². The average molecular weight is 413 g/mol. The minimum Gasteiger partial charge on any atom is -0.370 e. The SMILES string of the molecule is CN=C(NCc1ccc(N2CCSCC2)cc1)N1CCC(C)C(n2ccnc2)C1. The van der Waals surface area contributed by atoms with Gasteiger partial charge in [-0.15, -0.1) is 0 Å². The van der Waals surface area contributed by atoms with E-state index in [0.717, 1.165) is 45.1 Å². The van der Waals surface area contributed by atoms with E-state index in [1.54, 1.807) is 0 Å². The summed E-state index contributed by atoms with van der Waals surface area (Å²) in [7, 11) is 1.88. The molecule has 2 fully saturated rings. The molecule has 29 heavy (non-hydrogen) atoms. The van der Waals surface area contributed by atoms with E-state index in [4.69, 9.17) is 0 Å². The second kappa shape index (κ2) is 9.57. The lowest BCUT2D eigenvalue weighted by Crippen LogP contribution is -2.48. The van der Waals surface area contributed by atoms with E-state index in [0.29, 0.717) is 12.0 Å². The van der Waals surface area contributed by atoms with Crippen molar-refractivity contribution in [3.05, 3.63) is 48.5 Å². The lowest BCUT2D eigenvalue weighted by molar-refractivity contribution is 0.189. The Kier molecular flexibility index (Phi) is 6.64. The normalized spacial score (nSPS) is 23.3. The number of piperidine rings is 1. The molecule has 7 heteroatoms. The van der Waals surface area contributed by atoms with E-state index in [2.05, 4.69) is 67.0 Å². The van der Waals surface area contributed by atoms with Crippen molar-refractivity contribution in [2.24, 2.45) is 10.9 Å². The third-order valence-corrected chi connectivity index (χ3v) is 7.04. The first-order valence-electron chi connectivity index (χ1n) is 10.6. The molecule has 6 nitrogen and oxygen atoms in total. The lowest BCUT2D eigenvalue weighted by atomic mass is 9.93. The van der Waals surface area contributed by atoms with Crippen LogP contribution < -0.4 is 10.2 Å². The topological polar surface area (TPSA) is 48.7 Å². The Hall–Kier alpha value is -2.15. The molecule has 2 aromatic rings. The highest BCUT2D eigenvalue weighted by Gasteiger charge is 2.28. The smallest absolute Gasteiger partial charge is 0.193 e. The second-order valence-electron chi connectivity index (χ2n) is 7.96. The predicted molar refractivity (Wildman–Crippen MR) is 123 cm³/mol. The molecule has 0 aliphatic carbocycles. The van der Waals surface area contributed by atoms with Gasteiger partial charge in [0.2, 0.25) is 0 Å². The van der Waals surface area contributed by atoms with Crippen LogP contribution in [0, 0.1) is 5.92 Å². The van der Waals surface area contributed by atoms with Crippen LogP contribution in [-0.4, -0.2) is 65.1 Å². The van der Waals surface area contributed by atoms with Crippen molar-refractivity contribution in [3.63, 3.8) is 0 Å². The van der Waals surface area contributed by atoms with Crippen LogP contribution in [0.4, 0.5) is 5.69 Å². The molecule has 0 amide bonds. The zero-order valence-corrected chi connectivity index (χ0v) is 18.3. The van der Waals surface area contributed by atoms with Crippen molar-refractivity contribution in [2.75, 3.05) is 49.6 Å². The summed E-state index contributed by atoms with van der Waals surface area (Å²) < 4.78 is 2.24. The average Bonchev–Trinajstić information content (AvgIpc) is 3.31. The first-order chi connectivity index (χ1) is 14.2.